The summed E-state index contributed by atoms with van der Waals surface area (Å²) in [4.78, 5) is 9.02. The van der Waals surface area contributed by atoms with Crippen LogP contribution in [0.1, 0.15) is 44.3 Å². The lowest BCUT2D eigenvalue weighted by Gasteiger charge is -2.55. The van der Waals surface area contributed by atoms with Crippen LogP contribution < -0.4 is 11.5 Å². The number of hydrogen-bond donors (Lipinski definition) is 2. The minimum absolute atomic E-state index is 0.193. The van der Waals surface area contributed by atoms with Crippen LogP contribution in [0.2, 0.25) is 0 Å². The van der Waals surface area contributed by atoms with Crippen LogP contribution in [0.25, 0.3) is 0 Å². The number of rotatable bonds is 1. The third kappa shape index (κ3) is 1.44. The van der Waals surface area contributed by atoms with Crippen molar-refractivity contribution < 1.29 is 0 Å². The Morgan fingerprint density at radius 1 is 0.889 bits per heavy atom. The van der Waals surface area contributed by atoms with E-state index in [4.69, 9.17) is 11.5 Å². The van der Waals surface area contributed by atoms with Crippen molar-refractivity contribution in [2.75, 3.05) is 11.5 Å². The molecule has 1 aromatic rings. The van der Waals surface area contributed by atoms with Gasteiger partial charge in [0.15, 0.2) is 0 Å². The Hall–Kier alpha value is -1.32. The molecule has 4 aliphatic carbocycles. The molecule has 4 bridgehead atoms. The van der Waals surface area contributed by atoms with E-state index < -0.39 is 0 Å². The minimum atomic E-state index is 0.193. The van der Waals surface area contributed by atoms with Crippen LogP contribution in [0.3, 0.4) is 0 Å². The molecule has 0 unspecified atom stereocenters. The highest BCUT2D eigenvalue weighted by atomic mass is 15.0. The standard InChI is InChI=1S/C14H20N4/c15-11-4-12(16)18-13(17-11)14-5-8-1-9(6-14)3-10(2-8)7-14/h4,8-10H,1-3,5-7H2,(H4,15,16,17,18). The van der Waals surface area contributed by atoms with Gasteiger partial charge in [0.25, 0.3) is 0 Å². The first-order chi connectivity index (χ1) is 8.63. The average molecular weight is 244 g/mol. The molecule has 4 saturated carbocycles. The molecule has 0 aliphatic heterocycles. The molecule has 18 heavy (non-hydrogen) atoms. The largest absolute Gasteiger partial charge is 0.384 e. The van der Waals surface area contributed by atoms with Gasteiger partial charge in [0.05, 0.1) is 0 Å². The molecule has 0 aromatic carbocycles. The number of aromatic nitrogens is 2. The van der Waals surface area contributed by atoms with Crippen molar-refractivity contribution in [2.24, 2.45) is 17.8 Å². The molecule has 4 fully saturated rings. The first kappa shape index (κ1) is 10.6. The summed E-state index contributed by atoms with van der Waals surface area (Å²) in [5, 5.41) is 0. The molecule has 1 heterocycles. The molecule has 0 radical (unpaired) electrons. The molecule has 4 heteroatoms. The monoisotopic (exact) mass is 244 g/mol. The van der Waals surface area contributed by atoms with Crippen molar-refractivity contribution in [1.29, 1.82) is 0 Å². The molecule has 4 N–H and O–H groups in total. The topological polar surface area (TPSA) is 77.8 Å². The maximum Gasteiger partial charge on any atom is 0.139 e. The average Bonchev–Trinajstić information content (AvgIpc) is 2.25. The van der Waals surface area contributed by atoms with Crippen molar-refractivity contribution in [3.63, 3.8) is 0 Å². The van der Waals surface area contributed by atoms with Gasteiger partial charge in [-0.15, -0.1) is 0 Å². The van der Waals surface area contributed by atoms with Gasteiger partial charge in [-0.1, -0.05) is 0 Å². The van der Waals surface area contributed by atoms with Gasteiger partial charge in [-0.25, -0.2) is 9.97 Å². The van der Waals surface area contributed by atoms with Gasteiger partial charge < -0.3 is 11.5 Å². The lowest BCUT2D eigenvalue weighted by molar-refractivity contribution is -0.00926. The summed E-state index contributed by atoms with van der Waals surface area (Å²) in [6.07, 6.45) is 8.04. The number of nitrogens with two attached hydrogens (primary N) is 2. The first-order valence-corrected chi connectivity index (χ1v) is 7.03. The van der Waals surface area contributed by atoms with E-state index in [-0.39, 0.29) is 5.41 Å². The summed E-state index contributed by atoms with van der Waals surface area (Å²) in [6, 6.07) is 1.66. The molecular weight excluding hydrogens is 224 g/mol. The Morgan fingerprint density at radius 2 is 1.33 bits per heavy atom. The zero-order valence-electron chi connectivity index (χ0n) is 10.6. The predicted molar refractivity (Wildman–Crippen MR) is 70.7 cm³/mol. The van der Waals surface area contributed by atoms with Crippen LogP contribution in [-0.4, -0.2) is 9.97 Å². The van der Waals surface area contributed by atoms with Gasteiger partial charge in [0.2, 0.25) is 0 Å². The van der Waals surface area contributed by atoms with Gasteiger partial charge in [-0.3, -0.25) is 0 Å². The normalized spacial score (nSPS) is 41.2. The van der Waals surface area contributed by atoms with Crippen molar-refractivity contribution in [3.8, 4) is 0 Å². The zero-order chi connectivity index (χ0) is 12.3. The second-order valence-electron chi connectivity index (χ2n) is 6.74. The van der Waals surface area contributed by atoms with Crippen molar-refractivity contribution in [2.45, 2.75) is 43.9 Å². The fourth-order valence-electron chi connectivity index (χ4n) is 5.11. The second kappa shape index (κ2) is 3.37. The van der Waals surface area contributed by atoms with Crippen LogP contribution in [-0.2, 0) is 5.41 Å². The van der Waals surface area contributed by atoms with Crippen LogP contribution in [0, 0.1) is 17.8 Å². The lowest BCUT2D eigenvalue weighted by Crippen LogP contribution is -2.49. The molecule has 0 atom stereocenters. The fraction of sp³-hybridized carbons (Fsp3) is 0.714. The van der Waals surface area contributed by atoms with E-state index >= 15 is 0 Å². The molecule has 0 saturated heterocycles. The molecule has 5 rings (SSSR count). The minimum Gasteiger partial charge on any atom is -0.384 e. The summed E-state index contributed by atoms with van der Waals surface area (Å²) < 4.78 is 0. The molecule has 0 amide bonds. The van der Waals surface area contributed by atoms with E-state index in [0.29, 0.717) is 11.6 Å². The molecule has 0 spiro atoms. The van der Waals surface area contributed by atoms with Gasteiger partial charge in [0, 0.05) is 11.5 Å². The highest BCUT2D eigenvalue weighted by Crippen LogP contribution is 2.60. The lowest BCUT2D eigenvalue weighted by atomic mass is 9.49. The summed E-state index contributed by atoms with van der Waals surface area (Å²) in [5.74, 6) is 4.65. The quantitative estimate of drug-likeness (QED) is 0.793. The summed E-state index contributed by atoms with van der Waals surface area (Å²) in [6.45, 7) is 0. The fourth-order valence-corrected chi connectivity index (χ4v) is 5.11. The van der Waals surface area contributed by atoms with Crippen molar-refractivity contribution in [1.82, 2.24) is 9.97 Å². The zero-order valence-corrected chi connectivity index (χ0v) is 10.6. The van der Waals surface area contributed by atoms with Gasteiger partial charge in [-0.05, 0) is 56.3 Å². The molecule has 4 aliphatic rings. The van der Waals surface area contributed by atoms with Gasteiger partial charge in [0.1, 0.15) is 17.5 Å². The van der Waals surface area contributed by atoms with Crippen LogP contribution in [0.4, 0.5) is 11.6 Å². The van der Waals surface area contributed by atoms with E-state index in [2.05, 4.69) is 9.97 Å². The number of nitrogen functional groups attached to an aromatic ring is 2. The smallest absolute Gasteiger partial charge is 0.139 e. The third-order valence-electron chi connectivity index (χ3n) is 5.28. The van der Waals surface area contributed by atoms with Crippen molar-refractivity contribution in [3.05, 3.63) is 11.9 Å². The molecule has 4 nitrogen and oxygen atoms in total. The number of hydrogen-bond acceptors (Lipinski definition) is 4. The summed E-state index contributed by atoms with van der Waals surface area (Å²) in [5.41, 5.74) is 11.9. The van der Waals surface area contributed by atoms with E-state index in [0.717, 1.165) is 23.6 Å². The molecular formula is C14H20N4. The molecule has 1 aromatic heterocycles. The maximum atomic E-state index is 5.85. The Kier molecular flexibility index (Phi) is 1.98. The second-order valence-corrected chi connectivity index (χ2v) is 6.74. The predicted octanol–water partition coefficient (Wildman–Crippen LogP) is 2.11. The number of nitrogens with zero attached hydrogens (tertiary/aromatic N) is 2. The molecule has 96 valence electrons. The van der Waals surface area contributed by atoms with Gasteiger partial charge in [-0.2, -0.15) is 0 Å². The van der Waals surface area contributed by atoms with E-state index in [1.165, 1.54) is 38.5 Å². The Labute approximate surface area is 107 Å². The van der Waals surface area contributed by atoms with Crippen LogP contribution in [0.15, 0.2) is 6.07 Å². The summed E-state index contributed by atoms with van der Waals surface area (Å²) >= 11 is 0. The number of anilines is 2. The third-order valence-corrected chi connectivity index (χ3v) is 5.28. The van der Waals surface area contributed by atoms with E-state index in [1.54, 1.807) is 6.07 Å². The van der Waals surface area contributed by atoms with Crippen molar-refractivity contribution >= 4 is 11.6 Å². The highest BCUT2D eigenvalue weighted by molar-refractivity contribution is 5.42. The van der Waals surface area contributed by atoms with Crippen LogP contribution in [0.5, 0.6) is 0 Å². The SMILES string of the molecule is Nc1cc(N)nc(C23CC4CC(CC(C4)C2)C3)n1. The Balaban J connectivity index is 1.79. The van der Waals surface area contributed by atoms with E-state index in [1.807, 2.05) is 0 Å². The Bertz CT molecular complexity index is 441. The maximum absolute atomic E-state index is 5.85. The summed E-state index contributed by atoms with van der Waals surface area (Å²) in [7, 11) is 0. The highest BCUT2D eigenvalue weighted by Gasteiger charge is 2.53. The van der Waals surface area contributed by atoms with Gasteiger partial charge >= 0.3 is 0 Å². The first-order valence-electron chi connectivity index (χ1n) is 7.03. The van der Waals surface area contributed by atoms with Crippen LogP contribution >= 0.6 is 0 Å². The Morgan fingerprint density at radius 3 is 1.78 bits per heavy atom. The van der Waals surface area contributed by atoms with E-state index in [9.17, 15) is 0 Å².